The third-order valence-corrected chi connectivity index (χ3v) is 4.68. The fraction of sp³-hybridized carbons (Fsp3) is 0.250. The Morgan fingerprint density at radius 3 is 2.83 bits per heavy atom. The van der Waals surface area contributed by atoms with E-state index in [1.807, 2.05) is 6.07 Å². The molecule has 1 aromatic rings. The molecule has 1 aliphatic heterocycles. The number of nitrogens with zero attached hydrogens (tertiary/aromatic N) is 1. The van der Waals surface area contributed by atoms with Gasteiger partial charge in [-0.2, -0.15) is 5.26 Å². The highest BCUT2D eigenvalue weighted by Crippen LogP contribution is 2.44. The van der Waals surface area contributed by atoms with Gasteiger partial charge in [-0.3, -0.25) is 0 Å². The van der Waals surface area contributed by atoms with Gasteiger partial charge in [-0.25, -0.2) is 4.79 Å². The molecule has 1 aromatic carbocycles. The molecular weight excluding hydrogens is 400 g/mol. The van der Waals surface area contributed by atoms with E-state index in [1.165, 1.54) is 19.1 Å². The van der Waals surface area contributed by atoms with Gasteiger partial charge in [0.1, 0.15) is 23.2 Å². The van der Waals surface area contributed by atoms with Gasteiger partial charge < -0.3 is 20.3 Å². The first-order valence-corrected chi connectivity index (χ1v) is 8.12. The van der Waals surface area contributed by atoms with Crippen molar-refractivity contribution in [2.75, 3.05) is 6.61 Å². The molecule has 0 amide bonds. The topological polar surface area (TPSA) is 106 Å². The maximum Gasteiger partial charge on any atom is 0.338 e. The summed E-state index contributed by atoms with van der Waals surface area (Å²) in [6.45, 7) is 3.35. The van der Waals surface area contributed by atoms with E-state index in [9.17, 15) is 15.2 Å². The van der Waals surface area contributed by atoms with Crippen LogP contribution in [0.5, 0.6) is 5.75 Å². The van der Waals surface area contributed by atoms with Crippen molar-refractivity contribution in [2.45, 2.75) is 19.8 Å². The molecule has 1 atom stereocenters. The first kappa shape index (κ1) is 18.2. The lowest BCUT2D eigenvalue weighted by molar-refractivity contribution is -0.139. The number of carbonyl (C=O) groups is 1. The predicted molar refractivity (Wildman–Crippen MR) is 90.8 cm³/mol. The summed E-state index contributed by atoms with van der Waals surface area (Å²) in [6.07, 6.45) is 0. The Morgan fingerprint density at radius 2 is 2.25 bits per heavy atom. The Morgan fingerprint density at radius 1 is 1.58 bits per heavy atom. The van der Waals surface area contributed by atoms with E-state index < -0.39 is 11.9 Å². The summed E-state index contributed by atoms with van der Waals surface area (Å²) < 4.78 is 10.8. The van der Waals surface area contributed by atoms with Gasteiger partial charge in [-0.1, -0.05) is 11.6 Å². The highest BCUT2D eigenvalue weighted by Gasteiger charge is 2.37. The number of allylic oxidation sites excluding steroid dienone is 2. The average molecular weight is 414 g/mol. The lowest BCUT2D eigenvalue weighted by Gasteiger charge is -2.27. The molecular formula is C16H14BrClN2O4. The number of benzene rings is 1. The Balaban J connectivity index is 2.72. The van der Waals surface area contributed by atoms with Gasteiger partial charge in [0, 0.05) is 10.0 Å². The van der Waals surface area contributed by atoms with Crippen LogP contribution in [0.25, 0.3) is 0 Å². The lowest BCUT2D eigenvalue weighted by atomic mass is 9.82. The van der Waals surface area contributed by atoms with E-state index in [4.69, 9.17) is 26.8 Å². The van der Waals surface area contributed by atoms with E-state index in [1.54, 1.807) is 6.92 Å². The minimum atomic E-state index is -0.937. The molecule has 1 heterocycles. The number of esters is 1. The first-order valence-electron chi connectivity index (χ1n) is 6.95. The van der Waals surface area contributed by atoms with E-state index in [2.05, 4.69) is 15.9 Å². The van der Waals surface area contributed by atoms with Gasteiger partial charge in [0.15, 0.2) is 0 Å². The van der Waals surface area contributed by atoms with Gasteiger partial charge in [0.05, 0.1) is 23.1 Å². The molecule has 2 rings (SSSR count). The highest BCUT2D eigenvalue weighted by molar-refractivity contribution is 9.10. The van der Waals surface area contributed by atoms with Crippen LogP contribution >= 0.6 is 27.5 Å². The average Bonchev–Trinajstić information content (AvgIpc) is 2.50. The van der Waals surface area contributed by atoms with Crippen molar-refractivity contribution in [3.8, 4) is 11.8 Å². The van der Waals surface area contributed by atoms with Crippen LogP contribution in [0.15, 0.2) is 39.4 Å². The molecule has 0 spiro atoms. The molecule has 8 heteroatoms. The van der Waals surface area contributed by atoms with E-state index in [0.717, 1.165) is 0 Å². The Hall–Kier alpha value is -2.17. The molecule has 0 saturated carbocycles. The number of carbonyl (C=O) groups excluding carboxylic acids is 1. The molecule has 126 valence electrons. The van der Waals surface area contributed by atoms with Gasteiger partial charge in [0.2, 0.25) is 5.88 Å². The number of nitrogens with two attached hydrogens (primary N) is 1. The summed E-state index contributed by atoms with van der Waals surface area (Å²) in [7, 11) is 0. The van der Waals surface area contributed by atoms with Crippen molar-refractivity contribution in [1.29, 1.82) is 5.26 Å². The third-order valence-electron chi connectivity index (χ3n) is 3.48. The van der Waals surface area contributed by atoms with Crippen molar-refractivity contribution in [3.63, 3.8) is 0 Å². The van der Waals surface area contributed by atoms with Crippen LogP contribution in [0, 0.1) is 11.3 Å². The zero-order valence-electron chi connectivity index (χ0n) is 12.9. The van der Waals surface area contributed by atoms with Crippen molar-refractivity contribution in [3.05, 3.63) is 50.0 Å². The molecule has 24 heavy (non-hydrogen) atoms. The number of aromatic hydroxyl groups is 1. The number of ether oxygens (including phenoxy) is 2. The molecule has 0 fully saturated rings. The molecule has 1 unspecified atom stereocenters. The van der Waals surface area contributed by atoms with Gasteiger partial charge in [-0.05, 0) is 41.9 Å². The predicted octanol–water partition coefficient (Wildman–Crippen LogP) is 3.45. The molecule has 3 N–H and O–H groups in total. The van der Waals surface area contributed by atoms with E-state index in [0.29, 0.717) is 9.50 Å². The summed E-state index contributed by atoms with van der Waals surface area (Å²) in [5.74, 6) is -1.67. The van der Waals surface area contributed by atoms with Gasteiger partial charge >= 0.3 is 5.97 Å². The number of phenols is 1. The van der Waals surface area contributed by atoms with Crippen LogP contribution in [0.4, 0.5) is 0 Å². The summed E-state index contributed by atoms with van der Waals surface area (Å²) in [5.41, 5.74) is 6.14. The zero-order chi connectivity index (χ0) is 18.0. The number of hydrogen-bond donors (Lipinski definition) is 2. The minimum Gasteiger partial charge on any atom is -0.508 e. The SMILES string of the molecule is CCOC(=O)C1=C(C)OC(N)=C(C#N)C1c1cc(Cl)c(Br)cc1O. The second-order valence-corrected chi connectivity index (χ2v) is 6.20. The third kappa shape index (κ3) is 3.21. The number of hydrogen-bond acceptors (Lipinski definition) is 6. The van der Waals surface area contributed by atoms with Crippen LogP contribution in [0.2, 0.25) is 5.02 Å². The lowest BCUT2D eigenvalue weighted by Crippen LogP contribution is -2.25. The minimum absolute atomic E-state index is 0.00246. The Bertz CT molecular complexity index is 811. The molecule has 0 radical (unpaired) electrons. The molecule has 1 aliphatic rings. The molecule has 0 bridgehead atoms. The van der Waals surface area contributed by atoms with Crippen LogP contribution < -0.4 is 5.73 Å². The van der Waals surface area contributed by atoms with Crippen molar-refractivity contribution < 1.29 is 19.4 Å². The summed E-state index contributed by atoms with van der Waals surface area (Å²) >= 11 is 9.31. The van der Waals surface area contributed by atoms with Gasteiger partial charge in [-0.15, -0.1) is 0 Å². The van der Waals surface area contributed by atoms with Crippen LogP contribution in [0.1, 0.15) is 25.3 Å². The summed E-state index contributed by atoms with van der Waals surface area (Å²) in [4.78, 5) is 12.4. The van der Waals surface area contributed by atoms with Crippen LogP contribution in [-0.2, 0) is 14.3 Å². The Kier molecular flexibility index (Phi) is 5.42. The summed E-state index contributed by atoms with van der Waals surface area (Å²) in [5, 5.41) is 20.1. The van der Waals surface area contributed by atoms with Crippen LogP contribution in [-0.4, -0.2) is 17.7 Å². The molecule has 0 aromatic heterocycles. The second-order valence-electron chi connectivity index (χ2n) is 4.94. The smallest absolute Gasteiger partial charge is 0.338 e. The standard InChI is InChI=1S/C16H14BrClN2O4/c1-3-23-16(22)13-7(2)24-15(20)9(6-19)14(13)8-4-11(18)10(17)5-12(8)21/h4-5,14,21H,3,20H2,1-2H3. The van der Waals surface area contributed by atoms with Gasteiger partial charge in [0.25, 0.3) is 0 Å². The van der Waals surface area contributed by atoms with E-state index >= 15 is 0 Å². The molecule has 0 saturated heterocycles. The van der Waals surface area contributed by atoms with Crippen LogP contribution in [0.3, 0.4) is 0 Å². The largest absolute Gasteiger partial charge is 0.508 e. The van der Waals surface area contributed by atoms with Crippen molar-refractivity contribution >= 4 is 33.5 Å². The Labute approximate surface area is 152 Å². The fourth-order valence-electron chi connectivity index (χ4n) is 2.45. The van der Waals surface area contributed by atoms with Crippen molar-refractivity contribution in [1.82, 2.24) is 0 Å². The molecule has 0 aliphatic carbocycles. The number of nitriles is 1. The zero-order valence-corrected chi connectivity index (χ0v) is 15.2. The summed E-state index contributed by atoms with van der Waals surface area (Å²) in [6, 6.07) is 4.78. The molecule has 6 nitrogen and oxygen atoms in total. The van der Waals surface area contributed by atoms with E-state index in [-0.39, 0.29) is 40.7 Å². The number of halogens is 2. The monoisotopic (exact) mass is 412 g/mol. The number of phenolic OH excluding ortho intramolecular Hbond substituents is 1. The first-order chi connectivity index (χ1) is 11.3. The second kappa shape index (κ2) is 7.16. The van der Waals surface area contributed by atoms with Crippen molar-refractivity contribution in [2.24, 2.45) is 5.73 Å². The maximum absolute atomic E-state index is 12.4. The normalized spacial score (nSPS) is 17.4. The number of rotatable bonds is 3. The quantitative estimate of drug-likeness (QED) is 0.735. The fourth-order valence-corrected chi connectivity index (χ4v) is 2.95. The maximum atomic E-state index is 12.4. The highest BCUT2D eigenvalue weighted by atomic mass is 79.9.